The van der Waals surface area contributed by atoms with Crippen LogP contribution in [0.1, 0.15) is 55.2 Å². The van der Waals surface area contributed by atoms with Crippen LogP contribution in [0.3, 0.4) is 0 Å². The van der Waals surface area contributed by atoms with Crippen molar-refractivity contribution in [2.24, 2.45) is 5.73 Å². The highest BCUT2D eigenvalue weighted by atomic mass is 16.5. The molecule has 1 saturated heterocycles. The van der Waals surface area contributed by atoms with Gasteiger partial charge < -0.3 is 14.9 Å². The Kier molecular flexibility index (Phi) is 4.24. The predicted octanol–water partition coefficient (Wildman–Crippen LogP) is 3.25. The highest BCUT2D eigenvalue weighted by Gasteiger charge is 2.17. The summed E-state index contributed by atoms with van der Waals surface area (Å²) in [7, 11) is 0. The first-order valence-corrected chi connectivity index (χ1v) is 6.61. The summed E-state index contributed by atoms with van der Waals surface area (Å²) in [5, 5.41) is 0. The SMILES string of the molecule is Cc1cc(C(N)CCCC2CCCO2)c(C)o1. The molecule has 0 spiro atoms. The van der Waals surface area contributed by atoms with Crippen LogP contribution in [0.15, 0.2) is 10.5 Å². The molecule has 1 aliphatic heterocycles. The van der Waals surface area contributed by atoms with Crippen molar-refractivity contribution in [1.82, 2.24) is 0 Å². The molecule has 0 bridgehead atoms. The molecule has 96 valence electrons. The second kappa shape index (κ2) is 5.69. The van der Waals surface area contributed by atoms with E-state index in [0.29, 0.717) is 6.10 Å². The fraction of sp³-hybridized carbons (Fsp3) is 0.714. The summed E-state index contributed by atoms with van der Waals surface area (Å²) < 4.78 is 11.1. The van der Waals surface area contributed by atoms with Gasteiger partial charge >= 0.3 is 0 Å². The molecule has 2 unspecified atom stereocenters. The molecule has 1 aromatic heterocycles. The molecule has 2 rings (SSSR count). The molecule has 1 fully saturated rings. The van der Waals surface area contributed by atoms with Crippen LogP contribution in [-0.4, -0.2) is 12.7 Å². The Morgan fingerprint density at radius 2 is 2.29 bits per heavy atom. The van der Waals surface area contributed by atoms with Crippen LogP contribution in [0.25, 0.3) is 0 Å². The van der Waals surface area contributed by atoms with E-state index in [0.717, 1.165) is 43.0 Å². The Morgan fingerprint density at radius 3 is 2.88 bits per heavy atom. The molecule has 0 amide bonds. The monoisotopic (exact) mass is 237 g/mol. The Morgan fingerprint density at radius 1 is 1.47 bits per heavy atom. The molecule has 2 heterocycles. The van der Waals surface area contributed by atoms with Crippen LogP contribution in [0, 0.1) is 13.8 Å². The van der Waals surface area contributed by atoms with E-state index < -0.39 is 0 Å². The van der Waals surface area contributed by atoms with Crippen LogP contribution in [0.5, 0.6) is 0 Å². The average Bonchev–Trinajstić information content (AvgIpc) is 2.88. The zero-order chi connectivity index (χ0) is 12.3. The second-order valence-corrected chi connectivity index (χ2v) is 5.04. The zero-order valence-corrected chi connectivity index (χ0v) is 10.9. The quantitative estimate of drug-likeness (QED) is 0.855. The summed E-state index contributed by atoms with van der Waals surface area (Å²) >= 11 is 0. The van der Waals surface area contributed by atoms with Crippen molar-refractivity contribution in [1.29, 1.82) is 0 Å². The predicted molar refractivity (Wildman–Crippen MR) is 67.9 cm³/mol. The number of nitrogens with two attached hydrogens (primary N) is 1. The number of aryl methyl sites for hydroxylation is 2. The Balaban J connectivity index is 1.76. The third kappa shape index (κ3) is 3.33. The van der Waals surface area contributed by atoms with E-state index in [1.807, 2.05) is 13.8 Å². The minimum atomic E-state index is 0.105. The number of ether oxygens (including phenoxy) is 1. The van der Waals surface area contributed by atoms with Crippen molar-refractivity contribution in [3.8, 4) is 0 Å². The summed E-state index contributed by atoms with van der Waals surface area (Å²) in [5.41, 5.74) is 7.35. The highest BCUT2D eigenvalue weighted by Crippen LogP contribution is 2.25. The Labute approximate surface area is 103 Å². The molecular formula is C14H23NO2. The van der Waals surface area contributed by atoms with Gasteiger partial charge in [0.25, 0.3) is 0 Å². The standard InChI is InChI=1S/C14H23NO2/c1-10-9-13(11(2)17-10)14(15)7-3-5-12-6-4-8-16-12/h9,12,14H,3-8,15H2,1-2H3. The van der Waals surface area contributed by atoms with Gasteiger partial charge in [0.1, 0.15) is 11.5 Å². The average molecular weight is 237 g/mol. The van der Waals surface area contributed by atoms with Gasteiger partial charge in [-0.05, 0) is 52.0 Å². The summed E-state index contributed by atoms with van der Waals surface area (Å²) in [5.74, 6) is 1.92. The Bertz CT molecular complexity index is 353. The minimum absolute atomic E-state index is 0.105. The van der Waals surface area contributed by atoms with Gasteiger partial charge in [0, 0.05) is 18.2 Å². The first kappa shape index (κ1) is 12.7. The van der Waals surface area contributed by atoms with E-state index in [2.05, 4.69) is 6.07 Å². The molecule has 3 heteroatoms. The lowest BCUT2D eigenvalue weighted by atomic mass is 10.0. The molecular weight excluding hydrogens is 214 g/mol. The third-order valence-corrected chi connectivity index (χ3v) is 3.54. The fourth-order valence-corrected chi connectivity index (χ4v) is 2.61. The van der Waals surface area contributed by atoms with Gasteiger partial charge in [-0.3, -0.25) is 0 Å². The van der Waals surface area contributed by atoms with E-state index in [9.17, 15) is 0 Å². The van der Waals surface area contributed by atoms with E-state index in [1.165, 1.54) is 12.8 Å². The lowest BCUT2D eigenvalue weighted by Gasteiger charge is -2.13. The van der Waals surface area contributed by atoms with E-state index >= 15 is 0 Å². The van der Waals surface area contributed by atoms with Crippen molar-refractivity contribution in [3.63, 3.8) is 0 Å². The number of furan rings is 1. The van der Waals surface area contributed by atoms with Crippen molar-refractivity contribution < 1.29 is 9.15 Å². The highest BCUT2D eigenvalue weighted by molar-refractivity contribution is 5.23. The maximum Gasteiger partial charge on any atom is 0.105 e. The first-order chi connectivity index (χ1) is 8.16. The molecule has 0 radical (unpaired) electrons. The van der Waals surface area contributed by atoms with Gasteiger partial charge in [-0.25, -0.2) is 0 Å². The van der Waals surface area contributed by atoms with Gasteiger partial charge in [0.05, 0.1) is 6.10 Å². The molecule has 3 nitrogen and oxygen atoms in total. The second-order valence-electron chi connectivity index (χ2n) is 5.04. The smallest absolute Gasteiger partial charge is 0.105 e. The molecule has 2 N–H and O–H groups in total. The number of hydrogen-bond acceptors (Lipinski definition) is 3. The van der Waals surface area contributed by atoms with Gasteiger partial charge in [-0.15, -0.1) is 0 Å². The summed E-state index contributed by atoms with van der Waals surface area (Å²) in [4.78, 5) is 0. The van der Waals surface area contributed by atoms with Crippen LogP contribution in [0.4, 0.5) is 0 Å². The normalized spacial score (nSPS) is 21.9. The molecule has 2 atom stereocenters. The zero-order valence-electron chi connectivity index (χ0n) is 10.9. The molecule has 0 aliphatic carbocycles. The molecule has 1 aliphatic rings. The molecule has 1 aromatic rings. The summed E-state index contributed by atoms with van der Waals surface area (Å²) in [6, 6.07) is 2.17. The molecule has 0 saturated carbocycles. The minimum Gasteiger partial charge on any atom is -0.466 e. The summed E-state index contributed by atoms with van der Waals surface area (Å²) in [6.45, 7) is 4.90. The van der Waals surface area contributed by atoms with Crippen LogP contribution < -0.4 is 5.73 Å². The third-order valence-electron chi connectivity index (χ3n) is 3.54. The topological polar surface area (TPSA) is 48.4 Å². The van der Waals surface area contributed by atoms with Gasteiger partial charge in [0.15, 0.2) is 0 Å². The summed E-state index contributed by atoms with van der Waals surface area (Å²) in [6.07, 6.45) is 6.21. The molecule has 0 aromatic carbocycles. The number of rotatable bonds is 5. The van der Waals surface area contributed by atoms with Gasteiger partial charge in [-0.2, -0.15) is 0 Å². The maximum absolute atomic E-state index is 6.19. The maximum atomic E-state index is 6.19. The van der Waals surface area contributed by atoms with E-state index in [1.54, 1.807) is 0 Å². The first-order valence-electron chi connectivity index (χ1n) is 6.61. The van der Waals surface area contributed by atoms with E-state index in [4.69, 9.17) is 14.9 Å². The van der Waals surface area contributed by atoms with Crippen LogP contribution in [0.2, 0.25) is 0 Å². The van der Waals surface area contributed by atoms with Crippen molar-refractivity contribution in [3.05, 3.63) is 23.2 Å². The van der Waals surface area contributed by atoms with Crippen LogP contribution in [-0.2, 0) is 4.74 Å². The lowest BCUT2D eigenvalue weighted by Crippen LogP contribution is -2.12. The fourth-order valence-electron chi connectivity index (χ4n) is 2.61. The number of hydrogen-bond donors (Lipinski definition) is 1. The molecule has 17 heavy (non-hydrogen) atoms. The van der Waals surface area contributed by atoms with Crippen LogP contribution >= 0.6 is 0 Å². The Hall–Kier alpha value is -0.800. The van der Waals surface area contributed by atoms with Crippen molar-refractivity contribution in [2.45, 2.75) is 58.1 Å². The van der Waals surface area contributed by atoms with Crippen molar-refractivity contribution >= 4 is 0 Å². The lowest BCUT2D eigenvalue weighted by molar-refractivity contribution is 0.101. The van der Waals surface area contributed by atoms with Gasteiger partial charge in [0.2, 0.25) is 0 Å². The largest absolute Gasteiger partial charge is 0.466 e. The van der Waals surface area contributed by atoms with Crippen molar-refractivity contribution in [2.75, 3.05) is 6.61 Å². The van der Waals surface area contributed by atoms with Gasteiger partial charge in [-0.1, -0.05) is 0 Å². The van der Waals surface area contributed by atoms with E-state index in [-0.39, 0.29) is 6.04 Å².